The first-order valence-corrected chi connectivity index (χ1v) is 10.7. The number of rotatable bonds is 11. The summed E-state index contributed by atoms with van der Waals surface area (Å²) in [6.45, 7) is 10.8. The molecule has 0 spiro atoms. The van der Waals surface area contributed by atoms with Crippen LogP contribution in [0.1, 0.15) is 52.0 Å². The Morgan fingerprint density at radius 1 is 1.25 bits per heavy atom. The maximum atomic E-state index is 9.41. The van der Waals surface area contributed by atoms with E-state index in [2.05, 4.69) is 61.7 Å². The maximum absolute atomic E-state index is 9.41. The SMILES string of the molecule is CCNC(=NCC(C)(C)CCCc1ccccc1)NCC1(CCO)CCOC1. The van der Waals surface area contributed by atoms with Crippen LogP contribution >= 0.6 is 0 Å². The number of hydrogen-bond donors (Lipinski definition) is 3. The molecule has 0 aromatic heterocycles. The van der Waals surface area contributed by atoms with E-state index in [-0.39, 0.29) is 17.4 Å². The van der Waals surface area contributed by atoms with Crippen LogP contribution in [0.25, 0.3) is 0 Å². The van der Waals surface area contributed by atoms with E-state index in [1.807, 2.05) is 0 Å². The molecule has 3 N–H and O–H groups in total. The van der Waals surface area contributed by atoms with E-state index in [4.69, 9.17) is 9.73 Å². The summed E-state index contributed by atoms with van der Waals surface area (Å²) in [6.07, 6.45) is 5.20. The number of aliphatic hydroxyl groups excluding tert-OH is 1. The molecule has 1 aromatic rings. The van der Waals surface area contributed by atoms with Crippen molar-refractivity contribution in [1.29, 1.82) is 0 Å². The predicted molar refractivity (Wildman–Crippen MR) is 117 cm³/mol. The minimum Gasteiger partial charge on any atom is -0.396 e. The number of guanidine groups is 1. The first-order valence-electron chi connectivity index (χ1n) is 10.7. The van der Waals surface area contributed by atoms with Gasteiger partial charge in [-0.3, -0.25) is 4.99 Å². The third-order valence-electron chi connectivity index (χ3n) is 5.63. The fourth-order valence-corrected chi connectivity index (χ4v) is 3.71. The van der Waals surface area contributed by atoms with Crippen molar-refractivity contribution in [3.05, 3.63) is 35.9 Å². The van der Waals surface area contributed by atoms with Gasteiger partial charge < -0.3 is 20.5 Å². The number of aliphatic imine (C=N–C) groups is 1. The van der Waals surface area contributed by atoms with Crippen molar-refractivity contribution in [3.8, 4) is 0 Å². The molecule has 1 saturated heterocycles. The minimum atomic E-state index is 0.0240. The number of nitrogens with zero attached hydrogens (tertiary/aromatic N) is 1. The Labute approximate surface area is 171 Å². The van der Waals surface area contributed by atoms with E-state index in [1.165, 1.54) is 12.0 Å². The summed E-state index contributed by atoms with van der Waals surface area (Å²) >= 11 is 0. The molecular formula is C23H39N3O2. The molecule has 5 heteroatoms. The lowest BCUT2D eigenvalue weighted by Gasteiger charge is -2.28. The van der Waals surface area contributed by atoms with Crippen molar-refractivity contribution in [3.63, 3.8) is 0 Å². The molecule has 2 rings (SSSR count). The largest absolute Gasteiger partial charge is 0.396 e. The van der Waals surface area contributed by atoms with Crippen LogP contribution in [0.15, 0.2) is 35.3 Å². The van der Waals surface area contributed by atoms with Crippen LogP contribution < -0.4 is 10.6 Å². The monoisotopic (exact) mass is 389 g/mol. The second-order valence-corrected chi connectivity index (χ2v) is 8.83. The molecule has 0 aliphatic carbocycles. The third kappa shape index (κ3) is 7.80. The van der Waals surface area contributed by atoms with Crippen LogP contribution in [-0.4, -0.2) is 50.5 Å². The molecule has 1 fully saturated rings. The molecule has 0 bridgehead atoms. The second kappa shape index (κ2) is 11.4. The molecule has 28 heavy (non-hydrogen) atoms. The lowest BCUT2D eigenvalue weighted by Crippen LogP contribution is -2.45. The number of aryl methyl sites for hydroxylation is 1. The van der Waals surface area contributed by atoms with Crippen molar-refractivity contribution in [1.82, 2.24) is 10.6 Å². The first kappa shape index (κ1) is 22.7. The Balaban J connectivity index is 1.83. The first-order chi connectivity index (χ1) is 13.5. The fourth-order valence-electron chi connectivity index (χ4n) is 3.71. The van der Waals surface area contributed by atoms with Gasteiger partial charge in [0.2, 0.25) is 0 Å². The molecule has 0 radical (unpaired) electrons. The Bertz CT molecular complexity index is 581. The van der Waals surface area contributed by atoms with Gasteiger partial charge in [-0.05, 0) is 50.0 Å². The lowest BCUT2D eigenvalue weighted by molar-refractivity contribution is 0.127. The Morgan fingerprint density at radius 2 is 2.04 bits per heavy atom. The summed E-state index contributed by atoms with van der Waals surface area (Å²) in [4.78, 5) is 4.85. The Kier molecular flexibility index (Phi) is 9.26. The average Bonchev–Trinajstić information content (AvgIpc) is 3.14. The zero-order valence-corrected chi connectivity index (χ0v) is 18.0. The fraction of sp³-hybridized carbons (Fsp3) is 0.696. The van der Waals surface area contributed by atoms with E-state index in [0.717, 1.165) is 57.9 Å². The van der Waals surface area contributed by atoms with E-state index in [9.17, 15) is 5.11 Å². The molecule has 1 aromatic carbocycles. The minimum absolute atomic E-state index is 0.0240. The quantitative estimate of drug-likeness (QED) is 0.401. The average molecular weight is 390 g/mol. The highest BCUT2D eigenvalue weighted by Crippen LogP contribution is 2.31. The Morgan fingerprint density at radius 3 is 2.68 bits per heavy atom. The molecule has 1 aliphatic rings. The van der Waals surface area contributed by atoms with Crippen LogP contribution in [-0.2, 0) is 11.2 Å². The van der Waals surface area contributed by atoms with Crippen LogP contribution in [0.3, 0.4) is 0 Å². The smallest absolute Gasteiger partial charge is 0.191 e. The van der Waals surface area contributed by atoms with E-state index >= 15 is 0 Å². The molecule has 5 nitrogen and oxygen atoms in total. The van der Waals surface area contributed by atoms with Crippen LogP contribution in [0.2, 0.25) is 0 Å². The highest BCUT2D eigenvalue weighted by Gasteiger charge is 2.34. The number of ether oxygens (including phenoxy) is 1. The number of nitrogens with one attached hydrogen (secondary N) is 2. The highest BCUT2D eigenvalue weighted by molar-refractivity contribution is 5.79. The van der Waals surface area contributed by atoms with Gasteiger partial charge in [-0.1, -0.05) is 44.2 Å². The summed E-state index contributed by atoms with van der Waals surface area (Å²) in [5.74, 6) is 0.864. The van der Waals surface area contributed by atoms with Crippen molar-refractivity contribution in [2.24, 2.45) is 15.8 Å². The van der Waals surface area contributed by atoms with E-state index in [0.29, 0.717) is 6.61 Å². The predicted octanol–water partition coefficient (Wildman–Crippen LogP) is 3.38. The van der Waals surface area contributed by atoms with Gasteiger partial charge in [0.15, 0.2) is 5.96 Å². The highest BCUT2D eigenvalue weighted by atomic mass is 16.5. The lowest BCUT2D eigenvalue weighted by atomic mass is 9.84. The summed E-state index contributed by atoms with van der Waals surface area (Å²) in [5.41, 5.74) is 1.59. The molecule has 0 saturated carbocycles. The van der Waals surface area contributed by atoms with Gasteiger partial charge in [0.05, 0.1) is 6.61 Å². The zero-order valence-electron chi connectivity index (χ0n) is 18.0. The van der Waals surface area contributed by atoms with Crippen molar-refractivity contribution >= 4 is 5.96 Å². The summed E-state index contributed by atoms with van der Waals surface area (Å²) in [5, 5.41) is 16.3. The van der Waals surface area contributed by atoms with Crippen LogP contribution in [0.5, 0.6) is 0 Å². The van der Waals surface area contributed by atoms with Crippen LogP contribution in [0.4, 0.5) is 0 Å². The van der Waals surface area contributed by atoms with E-state index < -0.39 is 0 Å². The normalized spacial score (nSPS) is 20.4. The van der Waals surface area contributed by atoms with Gasteiger partial charge >= 0.3 is 0 Å². The number of benzene rings is 1. The van der Waals surface area contributed by atoms with E-state index in [1.54, 1.807) is 0 Å². The van der Waals surface area contributed by atoms with Gasteiger partial charge in [0.25, 0.3) is 0 Å². The van der Waals surface area contributed by atoms with Gasteiger partial charge in [-0.2, -0.15) is 0 Å². The van der Waals surface area contributed by atoms with Gasteiger partial charge in [0, 0.05) is 38.3 Å². The topological polar surface area (TPSA) is 65.9 Å². The summed E-state index contributed by atoms with van der Waals surface area (Å²) in [6, 6.07) is 10.7. The molecule has 1 aliphatic heterocycles. The van der Waals surface area contributed by atoms with Crippen molar-refractivity contribution in [2.45, 2.75) is 52.9 Å². The summed E-state index contributed by atoms with van der Waals surface area (Å²) < 4.78 is 5.59. The van der Waals surface area contributed by atoms with Crippen molar-refractivity contribution < 1.29 is 9.84 Å². The van der Waals surface area contributed by atoms with Gasteiger partial charge in [-0.25, -0.2) is 0 Å². The summed E-state index contributed by atoms with van der Waals surface area (Å²) in [7, 11) is 0. The Hall–Kier alpha value is -1.59. The molecule has 1 atom stereocenters. The second-order valence-electron chi connectivity index (χ2n) is 8.83. The zero-order chi connectivity index (χ0) is 20.3. The molecule has 1 heterocycles. The molecule has 1 unspecified atom stereocenters. The standard InChI is InChI=1S/C23H39N3O2/c1-4-24-21(26-18-23(13-15-27)14-16-28-19-23)25-17-22(2,3)12-8-11-20-9-6-5-7-10-20/h5-7,9-10,27H,4,8,11-19H2,1-3H3,(H2,24,25,26). The maximum Gasteiger partial charge on any atom is 0.191 e. The van der Waals surface area contributed by atoms with Crippen LogP contribution in [0, 0.1) is 10.8 Å². The number of aliphatic hydroxyl groups is 1. The van der Waals surface area contributed by atoms with Gasteiger partial charge in [-0.15, -0.1) is 0 Å². The van der Waals surface area contributed by atoms with Gasteiger partial charge in [0.1, 0.15) is 0 Å². The number of hydrogen-bond acceptors (Lipinski definition) is 3. The molecule has 158 valence electrons. The molecule has 0 amide bonds. The van der Waals surface area contributed by atoms with Crippen molar-refractivity contribution in [2.75, 3.05) is 39.5 Å². The molecular weight excluding hydrogens is 350 g/mol. The third-order valence-corrected chi connectivity index (χ3v) is 5.63.